The summed E-state index contributed by atoms with van der Waals surface area (Å²) in [6.07, 6.45) is 4.40. The fourth-order valence-corrected chi connectivity index (χ4v) is 1.56. The molecule has 0 aromatic heterocycles. The normalized spacial score (nSPS) is 25.2. The van der Waals surface area contributed by atoms with Gasteiger partial charge in [-0.1, -0.05) is 18.2 Å². The van der Waals surface area contributed by atoms with Gasteiger partial charge in [0.25, 0.3) is 0 Å². The number of rotatable bonds is 1. The molecule has 1 heterocycles. The van der Waals surface area contributed by atoms with E-state index in [1.165, 1.54) is 12.3 Å². The van der Waals surface area contributed by atoms with Crippen molar-refractivity contribution in [3.05, 3.63) is 59.5 Å². The van der Waals surface area contributed by atoms with Gasteiger partial charge in [-0.25, -0.2) is 9.44 Å². The lowest BCUT2D eigenvalue weighted by atomic mass is 10.2. The van der Waals surface area contributed by atoms with Crippen LogP contribution in [-0.4, -0.2) is 5.91 Å². The number of amides is 1. The molecule has 15 heavy (non-hydrogen) atoms. The van der Waals surface area contributed by atoms with E-state index in [9.17, 15) is 10.0 Å². The quantitative estimate of drug-likeness (QED) is 0.517. The van der Waals surface area contributed by atoms with Gasteiger partial charge in [0.15, 0.2) is 0 Å². The number of hydrogen-bond donors (Lipinski definition) is 0. The monoisotopic (exact) mass is 201 g/mol. The lowest BCUT2D eigenvalue weighted by Gasteiger charge is -2.36. The van der Waals surface area contributed by atoms with Crippen molar-refractivity contribution < 1.29 is 4.79 Å². The summed E-state index contributed by atoms with van der Waals surface area (Å²) in [5.74, 6) is -0.466. The summed E-state index contributed by atoms with van der Waals surface area (Å²) in [6.45, 7) is 1.80. The number of nitrogens with zero attached hydrogens (tertiary/aromatic N) is 1. The van der Waals surface area contributed by atoms with Crippen LogP contribution in [0.25, 0.3) is 0 Å². The molecule has 0 fully saturated rings. The van der Waals surface area contributed by atoms with Crippen LogP contribution in [0.1, 0.15) is 6.92 Å². The van der Waals surface area contributed by atoms with Gasteiger partial charge in [-0.15, -0.1) is 0 Å². The fourth-order valence-electron chi connectivity index (χ4n) is 1.56. The van der Waals surface area contributed by atoms with E-state index in [2.05, 4.69) is 0 Å². The summed E-state index contributed by atoms with van der Waals surface area (Å²) in [5.41, 5.74) is 1.24. The molecule has 1 unspecified atom stereocenters. The zero-order chi connectivity index (χ0) is 10.9. The Labute approximate surface area is 88.1 Å². The molecular weight excluding hydrogens is 190 g/mol. The molecule has 0 aliphatic carbocycles. The van der Waals surface area contributed by atoms with Crippen molar-refractivity contribution >= 4 is 11.6 Å². The number of carbonyl (C=O) groups is 1. The largest absolute Gasteiger partial charge is 0.614 e. The fraction of sp³-hybridized carbons (Fsp3) is 0.0833. The molecule has 3 nitrogen and oxygen atoms in total. The van der Waals surface area contributed by atoms with Crippen LogP contribution in [0.15, 0.2) is 54.3 Å². The molecule has 1 atom stereocenters. The standard InChI is InChI=1S/C12H11NO2/c1-10-7-8-12(14)13(15,9-10)11-5-3-2-4-6-11/h2-9H,1H3. The molecule has 0 saturated heterocycles. The Kier molecular flexibility index (Phi) is 2.26. The van der Waals surface area contributed by atoms with Crippen molar-refractivity contribution in [1.29, 1.82) is 0 Å². The molecule has 1 aliphatic heterocycles. The zero-order valence-corrected chi connectivity index (χ0v) is 8.38. The molecule has 0 radical (unpaired) electrons. The van der Waals surface area contributed by atoms with Crippen molar-refractivity contribution in [3.8, 4) is 0 Å². The topological polar surface area (TPSA) is 40.1 Å². The second-order valence-corrected chi connectivity index (χ2v) is 3.54. The first kappa shape index (κ1) is 9.83. The molecule has 1 aromatic carbocycles. The molecular formula is C12H11NO2. The first-order chi connectivity index (χ1) is 7.13. The Balaban J connectivity index is 2.51. The predicted molar refractivity (Wildman–Crippen MR) is 59.5 cm³/mol. The third-order valence-electron chi connectivity index (χ3n) is 2.34. The van der Waals surface area contributed by atoms with E-state index < -0.39 is 10.6 Å². The van der Waals surface area contributed by atoms with Gasteiger partial charge in [0, 0.05) is 23.8 Å². The Morgan fingerprint density at radius 1 is 1.13 bits per heavy atom. The lowest BCUT2D eigenvalue weighted by molar-refractivity contribution is -0.121. The second kappa shape index (κ2) is 3.46. The Bertz CT molecular complexity index is 448. The Morgan fingerprint density at radius 2 is 1.80 bits per heavy atom. The van der Waals surface area contributed by atoms with Gasteiger partial charge in [0.1, 0.15) is 11.9 Å². The van der Waals surface area contributed by atoms with Gasteiger partial charge in [0.2, 0.25) is 0 Å². The van der Waals surface area contributed by atoms with Gasteiger partial charge in [-0.05, 0) is 13.0 Å². The number of quaternary nitrogens is 1. The molecule has 1 aromatic rings. The van der Waals surface area contributed by atoms with Crippen LogP contribution in [0.2, 0.25) is 0 Å². The van der Waals surface area contributed by atoms with E-state index in [4.69, 9.17) is 0 Å². The van der Waals surface area contributed by atoms with E-state index in [0.29, 0.717) is 5.69 Å². The van der Waals surface area contributed by atoms with Gasteiger partial charge < -0.3 is 5.21 Å². The van der Waals surface area contributed by atoms with Crippen LogP contribution in [-0.2, 0) is 4.79 Å². The highest BCUT2D eigenvalue weighted by molar-refractivity contribution is 6.00. The van der Waals surface area contributed by atoms with Crippen LogP contribution in [0.4, 0.5) is 5.69 Å². The number of hydrogen-bond acceptors (Lipinski definition) is 2. The Morgan fingerprint density at radius 3 is 2.47 bits per heavy atom. The minimum atomic E-state index is -1.02. The highest BCUT2D eigenvalue weighted by Crippen LogP contribution is 2.26. The van der Waals surface area contributed by atoms with Crippen molar-refractivity contribution in [3.63, 3.8) is 0 Å². The number of carbonyl (C=O) groups excluding carboxylic acids is 1. The summed E-state index contributed by atoms with van der Waals surface area (Å²) in [6, 6.07) is 8.64. The number of allylic oxidation sites excluding steroid dienone is 2. The van der Waals surface area contributed by atoms with Crippen molar-refractivity contribution in [2.75, 3.05) is 0 Å². The molecule has 2 rings (SSSR count). The average Bonchev–Trinajstić information content (AvgIpc) is 2.25. The van der Waals surface area contributed by atoms with Gasteiger partial charge in [0.05, 0.1) is 0 Å². The summed E-state index contributed by atoms with van der Waals surface area (Å²) >= 11 is 0. The van der Waals surface area contributed by atoms with E-state index in [-0.39, 0.29) is 0 Å². The summed E-state index contributed by atoms with van der Waals surface area (Å²) in [4.78, 5) is 11.6. The van der Waals surface area contributed by atoms with Crippen LogP contribution >= 0.6 is 0 Å². The summed E-state index contributed by atoms with van der Waals surface area (Å²) < 4.78 is -1.02. The van der Waals surface area contributed by atoms with Crippen molar-refractivity contribution in [2.24, 2.45) is 0 Å². The average molecular weight is 201 g/mol. The molecule has 0 N–H and O–H groups in total. The van der Waals surface area contributed by atoms with Crippen LogP contribution in [0.5, 0.6) is 0 Å². The van der Waals surface area contributed by atoms with Crippen LogP contribution in [0.3, 0.4) is 0 Å². The summed E-state index contributed by atoms with van der Waals surface area (Å²) in [5, 5.41) is 12.3. The SMILES string of the molecule is CC1=C[N+]([O-])(c2ccccc2)C(=O)C=C1. The minimum Gasteiger partial charge on any atom is -0.614 e. The molecule has 76 valence electrons. The maximum Gasteiger partial charge on any atom is 0.348 e. The third-order valence-corrected chi connectivity index (χ3v) is 2.34. The molecule has 1 amide bonds. The zero-order valence-electron chi connectivity index (χ0n) is 8.38. The first-order valence-electron chi connectivity index (χ1n) is 4.70. The van der Waals surface area contributed by atoms with E-state index >= 15 is 0 Å². The highest BCUT2D eigenvalue weighted by Gasteiger charge is 2.28. The minimum absolute atomic E-state index is 0.436. The molecule has 0 saturated carbocycles. The van der Waals surface area contributed by atoms with Crippen molar-refractivity contribution in [1.82, 2.24) is 4.65 Å². The summed E-state index contributed by atoms with van der Waals surface area (Å²) in [7, 11) is 0. The van der Waals surface area contributed by atoms with Gasteiger partial charge >= 0.3 is 5.91 Å². The third kappa shape index (κ3) is 1.63. The lowest BCUT2D eigenvalue weighted by Crippen LogP contribution is -2.44. The number of hydroxylamine groups is 2. The smallest absolute Gasteiger partial charge is 0.348 e. The Hall–Kier alpha value is -1.71. The number of benzene rings is 1. The predicted octanol–water partition coefficient (Wildman–Crippen LogP) is 2.49. The maximum absolute atomic E-state index is 12.3. The molecule has 0 bridgehead atoms. The number of para-hydroxylation sites is 1. The van der Waals surface area contributed by atoms with E-state index in [1.807, 2.05) is 6.07 Å². The molecule has 3 heteroatoms. The van der Waals surface area contributed by atoms with Gasteiger partial charge in [-0.3, -0.25) is 0 Å². The first-order valence-corrected chi connectivity index (χ1v) is 4.70. The van der Waals surface area contributed by atoms with E-state index in [0.717, 1.165) is 5.57 Å². The molecule has 0 spiro atoms. The van der Waals surface area contributed by atoms with Crippen LogP contribution in [0, 0.1) is 5.21 Å². The maximum atomic E-state index is 12.3. The van der Waals surface area contributed by atoms with E-state index in [1.54, 1.807) is 37.3 Å². The van der Waals surface area contributed by atoms with Gasteiger partial charge in [-0.2, -0.15) is 0 Å². The van der Waals surface area contributed by atoms with Crippen molar-refractivity contribution in [2.45, 2.75) is 6.92 Å². The molecule has 1 aliphatic rings. The second-order valence-electron chi connectivity index (χ2n) is 3.54. The van der Waals surface area contributed by atoms with Crippen LogP contribution < -0.4 is 4.65 Å². The highest BCUT2D eigenvalue weighted by atomic mass is 16.6.